The van der Waals surface area contributed by atoms with Crippen molar-refractivity contribution in [1.82, 2.24) is 14.5 Å². The van der Waals surface area contributed by atoms with Crippen molar-refractivity contribution in [3.63, 3.8) is 0 Å². The van der Waals surface area contributed by atoms with Crippen LogP contribution >= 0.6 is 0 Å². The van der Waals surface area contributed by atoms with Crippen LogP contribution in [0.3, 0.4) is 0 Å². The minimum atomic E-state index is -0.205. The Kier molecular flexibility index (Phi) is 7.25. The Morgan fingerprint density at radius 2 is 1.41 bits per heavy atom. The molecular weight excluding hydrogens is 744 g/mol. The van der Waals surface area contributed by atoms with Gasteiger partial charge in [-0.25, -0.2) is 21.1 Å². The molecule has 4 nitrogen and oxygen atoms in total. The monoisotopic (exact) mass is 777 g/mol. The standard InChI is InChI=1S/C41H34N4.Pt/c1-40(2,3)29-23-28(24-30(26-29)44-35-16-8-6-13-31(35)32-14-12-22-43-39(32)44)27-19-20-34-37(25-27)45(38-18-10-11-21-42-38)36-17-9-7-15-33(36)41(34,4)5;/h6-23,26H,1-5H3;/q-2;+2. The molecule has 1 aliphatic rings. The summed E-state index contributed by atoms with van der Waals surface area (Å²) in [5, 5.41) is 2.32. The molecule has 4 aromatic carbocycles. The van der Waals surface area contributed by atoms with E-state index in [1.165, 1.54) is 22.1 Å². The van der Waals surface area contributed by atoms with Gasteiger partial charge in [-0.1, -0.05) is 82.6 Å². The Hall–Kier alpha value is -4.53. The molecule has 0 unspecified atom stereocenters. The molecule has 46 heavy (non-hydrogen) atoms. The van der Waals surface area contributed by atoms with E-state index in [0.29, 0.717) is 0 Å². The van der Waals surface area contributed by atoms with Gasteiger partial charge >= 0.3 is 21.1 Å². The second-order valence-corrected chi connectivity index (χ2v) is 13.4. The van der Waals surface area contributed by atoms with Crippen LogP contribution < -0.4 is 4.90 Å². The molecule has 228 valence electrons. The molecule has 0 N–H and O–H groups in total. The van der Waals surface area contributed by atoms with E-state index in [1.54, 1.807) is 0 Å². The van der Waals surface area contributed by atoms with Gasteiger partial charge in [0, 0.05) is 28.9 Å². The summed E-state index contributed by atoms with van der Waals surface area (Å²) in [6.07, 6.45) is 3.73. The molecule has 0 amide bonds. The number of para-hydroxylation sites is 2. The van der Waals surface area contributed by atoms with E-state index in [-0.39, 0.29) is 31.9 Å². The van der Waals surface area contributed by atoms with Crippen LogP contribution in [-0.4, -0.2) is 14.5 Å². The molecule has 0 aliphatic carbocycles. The number of hydrogen-bond donors (Lipinski definition) is 0. The quantitative estimate of drug-likeness (QED) is 0.168. The van der Waals surface area contributed by atoms with Gasteiger partial charge in [0.25, 0.3) is 0 Å². The summed E-state index contributed by atoms with van der Waals surface area (Å²) in [4.78, 5) is 11.9. The molecule has 0 spiro atoms. The van der Waals surface area contributed by atoms with E-state index in [4.69, 9.17) is 9.97 Å². The molecule has 0 saturated heterocycles. The van der Waals surface area contributed by atoms with E-state index < -0.39 is 0 Å². The summed E-state index contributed by atoms with van der Waals surface area (Å²) in [5.41, 5.74) is 10.6. The van der Waals surface area contributed by atoms with Gasteiger partial charge in [0.1, 0.15) is 11.5 Å². The van der Waals surface area contributed by atoms with Gasteiger partial charge in [-0.2, -0.15) is 24.3 Å². The molecule has 1 aliphatic heterocycles. The first-order valence-electron chi connectivity index (χ1n) is 15.5. The first-order valence-corrected chi connectivity index (χ1v) is 15.5. The van der Waals surface area contributed by atoms with Crippen LogP contribution in [0.15, 0.2) is 116 Å². The van der Waals surface area contributed by atoms with Crippen LogP contribution in [0.2, 0.25) is 0 Å². The summed E-state index contributed by atoms with van der Waals surface area (Å²) >= 11 is 0. The fourth-order valence-electron chi connectivity index (χ4n) is 6.80. The molecule has 8 rings (SSSR count). The predicted molar refractivity (Wildman–Crippen MR) is 185 cm³/mol. The Morgan fingerprint density at radius 1 is 0.674 bits per heavy atom. The zero-order valence-electron chi connectivity index (χ0n) is 26.6. The van der Waals surface area contributed by atoms with E-state index >= 15 is 0 Å². The summed E-state index contributed by atoms with van der Waals surface area (Å²) in [7, 11) is 0. The predicted octanol–water partition coefficient (Wildman–Crippen LogP) is 10.2. The summed E-state index contributed by atoms with van der Waals surface area (Å²) in [6.45, 7) is 11.4. The maximum Gasteiger partial charge on any atom is 2.00 e. The van der Waals surface area contributed by atoms with E-state index in [0.717, 1.165) is 50.6 Å². The topological polar surface area (TPSA) is 34.0 Å². The minimum absolute atomic E-state index is 0. The first-order chi connectivity index (χ1) is 21.7. The normalized spacial score (nSPS) is 13.7. The fourth-order valence-corrected chi connectivity index (χ4v) is 6.80. The summed E-state index contributed by atoms with van der Waals surface area (Å²) in [5.74, 6) is 0.875. The third-order valence-corrected chi connectivity index (χ3v) is 9.20. The van der Waals surface area contributed by atoms with Crippen molar-refractivity contribution < 1.29 is 21.1 Å². The number of aromatic nitrogens is 3. The Bertz CT molecular complexity index is 2190. The maximum absolute atomic E-state index is 4.85. The Morgan fingerprint density at radius 3 is 2.22 bits per heavy atom. The van der Waals surface area contributed by atoms with Crippen molar-refractivity contribution in [3.05, 3.63) is 144 Å². The molecular formula is C41H34N4Pt. The van der Waals surface area contributed by atoms with Gasteiger partial charge in [0.15, 0.2) is 0 Å². The molecule has 7 aromatic rings. The molecule has 0 saturated carbocycles. The van der Waals surface area contributed by atoms with Gasteiger partial charge in [-0.05, 0) is 64.2 Å². The second-order valence-electron chi connectivity index (χ2n) is 13.4. The number of benzene rings is 4. The number of nitrogens with zero attached hydrogens (tertiary/aromatic N) is 4. The number of rotatable bonds is 3. The number of hydrogen-bond acceptors (Lipinski definition) is 3. The van der Waals surface area contributed by atoms with Crippen LogP contribution in [-0.2, 0) is 31.9 Å². The summed E-state index contributed by atoms with van der Waals surface area (Å²) in [6, 6.07) is 44.1. The van der Waals surface area contributed by atoms with E-state index in [9.17, 15) is 0 Å². The fraction of sp³-hybridized carbons (Fsp3) is 0.171. The molecule has 0 radical (unpaired) electrons. The smallest absolute Gasteiger partial charge is 0.313 e. The second kappa shape index (κ2) is 11.1. The van der Waals surface area contributed by atoms with Crippen molar-refractivity contribution in [3.8, 4) is 16.8 Å². The van der Waals surface area contributed by atoms with Crippen molar-refractivity contribution in [1.29, 1.82) is 0 Å². The Labute approximate surface area is 285 Å². The third-order valence-electron chi connectivity index (χ3n) is 9.20. The average Bonchev–Trinajstić information content (AvgIpc) is 3.39. The van der Waals surface area contributed by atoms with Crippen molar-refractivity contribution in [2.24, 2.45) is 0 Å². The van der Waals surface area contributed by atoms with Crippen molar-refractivity contribution in [2.45, 2.75) is 45.4 Å². The van der Waals surface area contributed by atoms with E-state index in [2.05, 4.69) is 141 Å². The SMILES string of the molecule is CC(C)(C)c1cc(-c2[c-]c3c(cc2)C(C)(C)c2ccccc2N3c2ccccn2)[c-]c(-n2c3ccccc3c3cccnc32)c1.[Pt+2]. The van der Waals surface area contributed by atoms with Crippen LogP contribution in [0.1, 0.15) is 51.3 Å². The number of fused-ring (bicyclic) bond motifs is 5. The van der Waals surface area contributed by atoms with Crippen LogP contribution in [0.5, 0.6) is 0 Å². The van der Waals surface area contributed by atoms with Gasteiger partial charge in [-0.3, -0.25) is 0 Å². The van der Waals surface area contributed by atoms with Crippen molar-refractivity contribution in [2.75, 3.05) is 4.90 Å². The molecule has 3 aromatic heterocycles. The van der Waals surface area contributed by atoms with Gasteiger partial charge in [0.2, 0.25) is 0 Å². The third kappa shape index (κ3) is 4.70. The Balaban J connectivity index is 0.00000338. The zero-order valence-corrected chi connectivity index (χ0v) is 28.8. The van der Waals surface area contributed by atoms with Crippen molar-refractivity contribution >= 4 is 39.1 Å². The van der Waals surface area contributed by atoms with Gasteiger partial charge in [-0.15, -0.1) is 17.7 Å². The minimum Gasteiger partial charge on any atom is -0.313 e. The average molecular weight is 778 g/mol. The molecule has 5 heteroatoms. The number of pyridine rings is 2. The number of anilines is 3. The maximum atomic E-state index is 4.85. The van der Waals surface area contributed by atoms with Gasteiger partial charge < -0.3 is 9.47 Å². The first kappa shape index (κ1) is 30.1. The molecule has 0 fully saturated rings. The zero-order chi connectivity index (χ0) is 30.9. The largest absolute Gasteiger partial charge is 2.00 e. The van der Waals surface area contributed by atoms with Crippen LogP contribution in [0.4, 0.5) is 17.2 Å². The molecule has 4 heterocycles. The molecule has 0 atom stereocenters. The van der Waals surface area contributed by atoms with E-state index in [1.807, 2.05) is 30.6 Å². The van der Waals surface area contributed by atoms with Crippen LogP contribution in [0.25, 0.3) is 38.8 Å². The summed E-state index contributed by atoms with van der Waals surface area (Å²) < 4.78 is 2.25. The van der Waals surface area contributed by atoms with Crippen LogP contribution in [0, 0.1) is 12.1 Å². The van der Waals surface area contributed by atoms with Gasteiger partial charge in [0.05, 0.1) is 5.52 Å². The molecule has 0 bridgehead atoms.